The van der Waals surface area contributed by atoms with Crippen LogP contribution in [0.15, 0.2) is 41.3 Å². The van der Waals surface area contributed by atoms with Crippen LogP contribution >= 0.6 is 0 Å². The first-order chi connectivity index (χ1) is 14.2. The molecule has 0 bridgehead atoms. The van der Waals surface area contributed by atoms with Crippen LogP contribution in [0.3, 0.4) is 0 Å². The molecule has 1 saturated heterocycles. The van der Waals surface area contributed by atoms with Gasteiger partial charge in [0.2, 0.25) is 5.95 Å². The molecule has 3 aromatic rings. The lowest BCUT2D eigenvalue weighted by atomic mass is 10.2. The summed E-state index contributed by atoms with van der Waals surface area (Å²) in [4.78, 5) is 36.4. The van der Waals surface area contributed by atoms with Crippen LogP contribution in [0, 0.1) is 0 Å². The molecule has 0 spiro atoms. The molecule has 0 unspecified atom stereocenters. The second kappa shape index (κ2) is 7.47. The topological polar surface area (TPSA) is 96.4 Å². The van der Waals surface area contributed by atoms with Crippen molar-refractivity contribution in [3.63, 3.8) is 0 Å². The molecule has 0 radical (unpaired) electrons. The number of nitrogens with one attached hydrogen (secondary N) is 1. The molecule has 0 aliphatic carbocycles. The number of rotatable bonds is 2. The molecule has 0 saturated carbocycles. The number of carbonyl (C=O) groups is 1. The maximum Gasteiger partial charge on any atom is 0.410 e. The Kier molecular flexibility index (Phi) is 4.97. The number of para-hydroxylation sites is 1. The maximum atomic E-state index is 12.6. The third-order valence-electron chi connectivity index (χ3n) is 4.98. The predicted molar refractivity (Wildman–Crippen MR) is 114 cm³/mol. The van der Waals surface area contributed by atoms with E-state index in [0.717, 1.165) is 5.69 Å². The van der Waals surface area contributed by atoms with E-state index >= 15 is 0 Å². The molecular formula is C21H26N6O3. The molecule has 30 heavy (non-hydrogen) atoms. The molecule has 1 aliphatic heterocycles. The second-order valence-electron chi connectivity index (χ2n) is 8.49. The molecule has 1 N–H and O–H groups in total. The molecule has 4 rings (SSSR count). The Balaban J connectivity index is 1.60. The summed E-state index contributed by atoms with van der Waals surface area (Å²) in [5.41, 5.74) is 0.558. The number of benzene rings is 1. The van der Waals surface area contributed by atoms with Crippen molar-refractivity contribution in [1.29, 1.82) is 0 Å². The summed E-state index contributed by atoms with van der Waals surface area (Å²) in [5.74, 6) is 0.473. The van der Waals surface area contributed by atoms with E-state index in [0.29, 0.717) is 36.6 Å². The zero-order valence-electron chi connectivity index (χ0n) is 17.6. The molecule has 1 atom stereocenters. The van der Waals surface area contributed by atoms with Crippen LogP contribution in [0.4, 0.5) is 10.7 Å². The third-order valence-corrected chi connectivity index (χ3v) is 4.98. The fraction of sp³-hybridized carbons (Fsp3) is 0.429. The molecule has 1 fully saturated rings. The highest BCUT2D eigenvalue weighted by Crippen LogP contribution is 2.20. The normalized spacial score (nSPS) is 17.4. The Morgan fingerprint density at radius 1 is 1.20 bits per heavy atom. The van der Waals surface area contributed by atoms with Crippen molar-refractivity contribution < 1.29 is 9.53 Å². The van der Waals surface area contributed by atoms with Gasteiger partial charge in [-0.25, -0.2) is 9.48 Å². The fourth-order valence-electron chi connectivity index (χ4n) is 3.56. The number of piperazine rings is 1. The summed E-state index contributed by atoms with van der Waals surface area (Å²) < 4.78 is 7.16. The van der Waals surface area contributed by atoms with E-state index in [9.17, 15) is 9.59 Å². The molecule has 9 nitrogen and oxygen atoms in total. The van der Waals surface area contributed by atoms with Gasteiger partial charge in [-0.15, -0.1) is 0 Å². The van der Waals surface area contributed by atoms with Gasteiger partial charge in [-0.1, -0.05) is 18.2 Å². The molecule has 158 valence electrons. The summed E-state index contributed by atoms with van der Waals surface area (Å²) in [6, 6.07) is 9.48. The largest absolute Gasteiger partial charge is 0.444 e. The highest BCUT2D eigenvalue weighted by Gasteiger charge is 2.32. The number of hydrogen-bond donors (Lipinski definition) is 1. The van der Waals surface area contributed by atoms with Gasteiger partial charge in [0.05, 0.1) is 11.9 Å². The molecule has 9 heteroatoms. The minimum absolute atomic E-state index is 0.0892. The highest BCUT2D eigenvalue weighted by molar-refractivity contribution is 5.76. The van der Waals surface area contributed by atoms with E-state index in [4.69, 9.17) is 9.72 Å². The average molecular weight is 410 g/mol. The molecule has 2 aromatic heterocycles. The van der Waals surface area contributed by atoms with Gasteiger partial charge < -0.3 is 14.5 Å². The fourth-order valence-corrected chi connectivity index (χ4v) is 3.56. The number of fused-ring (bicyclic) bond motifs is 1. The summed E-state index contributed by atoms with van der Waals surface area (Å²) in [6.07, 6.45) is 1.20. The molecular weight excluding hydrogens is 384 g/mol. The number of ether oxygens (including phenoxy) is 1. The number of anilines is 1. The highest BCUT2D eigenvalue weighted by atomic mass is 16.6. The van der Waals surface area contributed by atoms with Gasteiger partial charge >= 0.3 is 6.09 Å². The van der Waals surface area contributed by atoms with Crippen LogP contribution in [0.1, 0.15) is 27.7 Å². The van der Waals surface area contributed by atoms with Crippen LogP contribution in [-0.2, 0) is 4.74 Å². The Bertz CT molecular complexity index is 1120. The molecule has 1 aliphatic rings. The first-order valence-electron chi connectivity index (χ1n) is 10.0. The molecule has 1 amide bonds. The minimum atomic E-state index is -0.540. The van der Waals surface area contributed by atoms with Crippen molar-refractivity contribution in [3.8, 4) is 5.69 Å². The Morgan fingerprint density at radius 2 is 1.93 bits per heavy atom. The SMILES string of the molecule is C[C@@H]1CN(c2nc3c(cnn3-c3ccccc3)c(=O)[nH]2)CCN1C(=O)OC(C)(C)C. The lowest BCUT2D eigenvalue weighted by Crippen LogP contribution is -2.55. The van der Waals surface area contributed by atoms with E-state index in [1.807, 2.05) is 62.9 Å². The lowest BCUT2D eigenvalue weighted by Gasteiger charge is -2.40. The number of carbonyl (C=O) groups excluding carboxylic acids is 1. The Labute approximate surface area is 174 Å². The first-order valence-corrected chi connectivity index (χ1v) is 10.0. The van der Waals surface area contributed by atoms with Crippen LogP contribution < -0.4 is 10.5 Å². The lowest BCUT2D eigenvalue weighted by molar-refractivity contribution is 0.0158. The summed E-state index contributed by atoms with van der Waals surface area (Å²) in [7, 11) is 0. The Hall–Kier alpha value is -3.36. The van der Waals surface area contributed by atoms with Crippen LogP contribution in [0.2, 0.25) is 0 Å². The number of aromatic nitrogens is 4. The Morgan fingerprint density at radius 3 is 2.60 bits per heavy atom. The van der Waals surface area contributed by atoms with Crippen molar-refractivity contribution in [1.82, 2.24) is 24.6 Å². The number of nitrogens with zero attached hydrogens (tertiary/aromatic N) is 5. The van der Waals surface area contributed by atoms with Gasteiger partial charge in [0, 0.05) is 25.7 Å². The van der Waals surface area contributed by atoms with Crippen LogP contribution in [0.5, 0.6) is 0 Å². The van der Waals surface area contributed by atoms with E-state index in [2.05, 4.69) is 10.1 Å². The van der Waals surface area contributed by atoms with Gasteiger partial charge in [-0.05, 0) is 39.8 Å². The minimum Gasteiger partial charge on any atom is -0.444 e. The average Bonchev–Trinajstić information content (AvgIpc) is 3.11. The van der Waals surface area contributed by atoms with Crippen molar-refractivity contribution >= 4 is 23.1 Å². The summed E-state index contributed by atoms with van der Waals surface area (Å²) >= 11 is 0. The predicted octanol–water partition coefficient (Wildman–Crippen LogP) is 2.55. The van der Waals surface area contributed by atoms with Crippen molar-refractivity contribution in [3.05, 3.63) is 46.9 Å². The van der Waals surface area contributed by atoms with Crippen LogP contribution in [-0.4, -0.2) is 62.0 Å². The molecule has 1 aromatic carbocycles. The quantitative estimate of drug-likeness (QED) is 0.698. The van der Waals surface area contributed by atoms with Gasteiger partial charge in [0.1, 0.15) is 11.0 Å². The number of amides is 1. The van der Waals surface area contributed by atoms with Gasteiger partial charge in [0.25, 0.3) is 5.56 Å². The monoisotopic (exact) mass is 410 g/mol. The number of aromatic amines is 1. The van der Waals surface area contributed by atoms with E-state index in [1.54, 1.807) is 9.58 Å². The van der Waals surface area contributed by atoms with Gasteiger partial charge in [-0.2, -0.15) is 10.1 Å². The van der Waals surface area contributed by atoms with E-state index in [1.165, 1.54) is 6.20 Å². The molecule has 3 heterocycles. The van der Waals surface area contributed by atoms with Gasteiger partial charge in [0.15, 0.2) is 5.65 Å². The number of hydrogen-bond acceptors (Lipinski definition) is 6. The number of H-pyrrole nitrogens is 1. The second-order valence-corrected chi connectivity index (χ2v) is 8.49. The van der Waals surface area contributed by atoms with Gasteiger partial charge in [-0.3, -0.25) is 9.78 Å². The van der Waals surface area contributed by atoms with Crippen LogP contribution in [0.25, 0.3) is 16.7 Å². The summed E-state index contributed by atoms with van der Waals surface area (Å²) in [5, 5.41) is 4.78. The maximum absolute atomic E-state index is 12.6. The van der Waals surface area contributed by atoms with Crippen molar-refractivity contribution in [2.24, 2.45) is 0 Å². The zero-order chi connectivity index (χ0) is 21.5. The first kappa shape index (κ1) is 19.9. The van der Waals surface area contributed by atoms with Crippen molar-refractivity contribution in [2.75, 3.05) is 24.5 Å². The smallest absolute Gasteiger partial charge is 0.410 e. The standard InChI is InChI=1S/C21H26N6O3/c1-14-13-25(10-11-26(14)20(29)30-21(2,3)4)19-23-17-16(18(28)24-19)12-22-27(17)15-8-6-5-7-9-15/h5-9,12,14H,10-11,13H2,1-4H3,(H,23,24,28)/t14-/m1/s1. The third kappa shape index (κ3) is 3.87. The summed E-state index contributed by atoms with van der Waals surface area (Å²) in [6.45, 7) is 9.07. The van der Waals surface area contributed by atoms with E-state index < -0.39 is 5.60 Å². The van der Waals surface area contributed by atoms with E-state index in [-0.39, 0.29) is 17.7 Å². The van der Waals surface area contributed by atoms with Crippen molar-refractivity contribution in [2.45, 2.75) is 39.3 Å². The zero-order valence-corrected chi connectivity index (χ0v) is 17.6.